The maximum atomic E-state index is 12.4. The number of ether oxygens (including phenoxy) is 1. The van der Waals surface area contributed by atoms with Gasteiger partial charge in [0.2, 0.25) is 11.8 Å². The predicted octanol–water partition coefficient (Wildman–Crippen LogP) is 2.30. The Morgan fingerprint density at radius 1 is 1.39 bits per heavy atom. The molecule has 0 aromatic heterocycles. The zero-order valence-electron chi connectivity index (χ0n) is 14.0. The van der Waals surface area contributed by atoms with Crippen molar-refractivity contribution < 1.29 is 14.3 Å². The Hall–Kier alpha value is -0.750. The van der Waals surface area contributed by atoms with Gasteiger partial charge in [-0.1, -0.05) is 19.3 Å². The summed E-state index contributed by atoms with van der Waals surface area (Å²) in [6, 6.07) is -0.292. The fourth-order valence-electron chi connectivity index (χ4n) is 3.90. The highest BCUT2D eigenvalue weighted by Gasteiger charge is 2.52. The molecule has 5 nitrogen and oxygen atoms in total. The van der Waals surface area contributed by atoms with Gasteiger partial charge in [0.05, 0.1) is 11.0 Å². The van der Waals surface area contributed by atoms with E-state index in [1.165, 1.54) is 32.1 Å². The second-order valence-electron chi connectivity index (χ2n) is 7.04. The highest BCUT2D eigenvalue weighted by molar-refractivity contribution is 8.01. The van der Waals surface area contributed by atoms with E-state index in [9.17, 15) is 9.59 Å². The number of nitrogens with one attached hydrogen (secondary N) is 1. The van der Waals surface area contributed by atoms with E-state index >= 15 is 0 Å². The third kappa shape index (κ3) is 3.85. The molecule has 2 amide bonds. The Labute approximate surface area is 142 Å². The number of carbonyl (C=O) groups is 2. The van der Waals surface area contributed by atoms with Crippen LogP contribution in [0.25, 0.3) is 0 Å². The van der Waals surface area contributed by atoms with E-state index in [1.54, 1.807) is 11.8 Å². The predicted molar refractivity (Wildman–Crippen MR) is 91.2 cm³/mol. The standard InChI is InChI=1S/C17H28N2O3S/c1-17-9-8-15(20)19(17)14(12-23-17)16(21)18-10-5-11-22-13-6-3-2-4-7-13/h13-14H,2-12H2,1H3,(H,18,21). The maximum Gasteiger partial charge on any atom is 0.243 e. The number of hydrogen-bond donors (Lipinski definition) is 1. The Morgan fingerprint density at radius 2 is 2.17 bits per heavy atom. The van der Waals surface area contributed by atoms with E-state index in [0.717, 1.165) is 12.8 Å². The van der Waals surface area contributed by atoms with Crippen molar-refractivity contribution in [1.29, 1.82) is 0 Å². The summed E-state index contributed by atoms with van der Waals surface area (Å²) in [5.74, 6) is 0.833. The van der Waals surface area contributed by atoms with Crippen molar-refractivity contribution in [2.24, 2.45) is 0 Å². The summed E-state index contributed by atoms with van der Waals surface area (Å²) in [6.45, 7) is 3.42. The van der Waals surface area contributed by atoms with Gasteiger partial charge < -0.3 is 15.0 Å². The van der Waals surface area contributed by atoms with Crippen LogP contribution in [0.5, 0.6) is 0 Å². The first-order valence-electron chi connectivity index (χ1n) is 8.95. The van der Waals surface area contributed by atoms with Gasteiger partial charge >= 0.3 is 0 Å². The molecule has 1 aliphatic carbocycles. The van der Waals surface area contributed by atoms with Gasteiger partial charge in [-0.15, -0.1) is 11.8 Å². The Balaban J connectivity index is 1.36. The molecule has 0 bridgehead atoms. The SMILES string of the molecule is CC12CCC(=O)N1C(C(=O)NCCCOC1CCCCC1)CS2. The van der Waals surface area contributed by atoms with Crippen molar-refractivity contribution in [3.05, 3.63) is 0 Å². The number of amides is 2. The smallest absolute Gasteiger partial charge is 0.243 e. The molecule has 6 heteroatoms. The molecule has 2 saturated heterocycles. The average molecular weight is 340 g/mol. The monoisotopic (exact) mass is 340 g/mol. The molecule has 1 N–H and O–H groups in total. The molecule has 2 heterocycles. The Bertz CT molecular complexity index is 453. The first-order chi connectivity index (χ1) is 11.1. The molecule has 23 heavy (non-hydrogen) atoms. The summed E-state index contributed by atoms with van der Waals surface area (Å²) >= 11 is 1.74. The van der Waals surface area contributed by atoms with E-state index in [1.807, 2.05) is 4.90 Å². The lowest BCUT2D eigenvalue weighted by atomic mass is 9.98. The second-order valence-corrected chi connectivity index (χ2v) is 8.54. The third-order valence-electron chi connectivity index (χ3n) is 5.27. The van der Waals surface area contributed by atoms with Crippen molar-refractivity contribution in [2.75, 3.05) is 18.9 Å². The molecule has 3 aliphatic rings. The summed E-state index contributed by atoms with van der Waals surface area (Å²) in [5, 5.41) is 2.99. The van der Waals surface area contributed by atoms with Gasteiger partial charge in [0.1, 0.15) is 6.04 Å². The van der Waals surface area contributed by atoms with E-state index in [2.05, 4.69) is 12.2 Å². The van der Waals surface area contributed by atoms with Crippen LogP contribution in [0.2, 0.25) is 0 Å². The van der Waals surface area contributed by atoms with Crippen molar-refractivity contribution in [3.63, 3.8) is 0 Å². The lowest BCUT2D eigenvalue weighted by molar-refractivity contribution is -0.137. The molecule has 0 radical (unpaired) electrons. The molecule has 130 valence electrons. The minimum atomic E-state index is -0.292. The van der Waals surface area contributed by atoms with Crippen molar-refractivity contribution in [1.82, 2.24) is 10.2 Å². The minimum absolute atomic E-state index is 0.00542. The van der Waals surface area contributed by atoms with Crippen molar-refractivity contribution in [3.8, 4) is 0 Å². The third-order valence-corrected chi connectivity index (χ3v) is 6.78. The first kappa shape index (κ1) is 17.1. The van der Waals surface area contributed by atoms with Crippen LogP contribution in [0.1, 0.15) is 58.3 Å². The molecule has 2 unspecified atom stereocenters. The summed E-state index contributed by atoms with van der Waals surface area (Å²) in [5.41, 5.74) is 0. The van der Waals surface area contributed by atoms with Gasteiger partial charge in [0, 0.05) is 25.3 Å². The van der Waals surface area contributed by atoms with Gasteiger partial charge in [-0.3, -0.25) is 9.59 Å². The normalized spacial score (nSPS) is 31.4. The quantitative estimate of drug-likeness (QED) is 0.754. The molecular weight excluding hydrogens is 312 g/mol. The molecule has 3 fully saturated rings. The zero-order valence-corrected chi connectivity index (χ0v) is 14.8. The average Bonchev–Trinajstić information content (AvgIpc) is 3.04. The van der Waals surface area contributed by atoms with E-state index in [0.29, 0.717) is 31.4 Å². The highest BCUT2D eigenvalue weighted by Crippen LogP contribution is 2.47. The minimum Gasteiger partial charge on any atom is -0.378 e. The van der Waals surface area contributed by atoms with Gasteiger partial charge in [-0.25, -0.2) is 0 Å². The van der Waals surface area contributed by atoms with Gasteiger partial charge in [-0.05, 0) is 32.6 Å². The molecule has 0 spiro atoms. The van der Waals surface area contributed by atoms with Gasteiger partial charge in [-0.2, -0.15) is 0 Å². The topological polar surface area (TPSA) is 58.6 Å². The molecule has 0 aromatic rings. The summed E-state index contributed by atoms with van der Waals surface area (Å²) in [6.07, 6.45) is 8.96. The van der Waals surface area contributed by atoms with Crippen molar-refractivity contribution in [2.45, 2.75) is 75.3 Å². The van der Waals surface area contributed by atoms with Gasteiger partial charge in [0.25, 0.3) is 0 Å². The molecule has 2 aliphatic heterocycles. The molecule has 2 atom stereocenters. The van der Waals surface area contributed by atoms with Crippen LogP contribution in [-0.4, -0.2) is 52.6 Å². The fourth-order valence-corrected chi connectivity index (χ4v) is 5.33. The van der Waals surface area contributed by atoms with Crippen LogP contribution in [0.15, 0.2) is 0 Å². The molecular formula is C17H28N2O3S. The Kier molecular flexibility index (Phi) is 5.52. The summed E-state index contributed by atoms with van der Waals surface area (Å²) in [4.78, 5) is 26.1. The molecule has 0 aromatic carbocycles. The number of fused-ring (bicyclic) bond motifs is 1. The lowest BCUT2D eigenvalue weighted by Crippen LogP contribution is -2.50. The van der Waals surface area contributed by atoms with Crippen LogP contribution in [0.3, 0.4) is 0 Å². The number of nitrogens with zero attached hydrogens (tertiary/aromatic N) is 1. The van der Waals surface area contributed by atoms with Crippen LogP contribution < -0.4 is 5.32 Å². The largest absolute Gasteiger partial charge is 0.378 e. The number of hydrogen-bond acceptors (Lipinski definition) is 4. The van der Waals surface area contributed by atoms with E-state index < -0.39 is 0 Å². The molecule has 1 saturated carbocycles. The summed E-state index contributed by atoms with van der Waals surface area (Å²) in [7, 11) is 0. The van der Waals surface area contributed by atoms with E-state index in [4.69, 9.17) is 4.74 Å². The van der Waals surface area contributed by atoms with Crippen molar-refractivity contribution >= 4 is 23.6 Å². The summed E-state index contributed by atoms with van der Waals surface area (Å²) < 4.78 is 5.87. The van der Waals surface area contributed by atoms with Crippen LogP contribution >= 0.6 is 11.8 Å². The number of thioether (sulfide) groups is 1. The van der Waals surface area contributed by atoms with Crippen LogP contribution in [0, 0.1) is 0 Å². The lowest BCUT2D eigenvalue weighted by Gasteiger charge is -2.29. The Morgan fingerprint density at radius 3 is 2.96 bits per heavy atom. The van der Waals surface area contributed by atoms with Gasteiger partial charge in [0.15, 0.2) is 0 Å². The first-order valence-corrected chi connectivity index (χ1v) is 9.94. The van der Waals surface area contributed by atoms with Crippen LogP contribution in [0.4, 0.5) is 0 Å². The second kappa shape index (κ2) is 7.43. The van der Waals surface area contributed by atoms with Crippen LogP contribution in [-0.2, 0) is 14.3 Å². The fraction of sp³-hybridized carbons (Fsp3) is 0.882. The van der Waals surface area contributed by atoms with E-state index in [-0.39, 0.29) is 22.7 Å². The zero-order chi connectivity index (χ0) is 16.3. The maximum absolute atomic E-state index is 12.4. The molecule has 3 rings (SSSR count). The number of rotatable bonds is 6. The number of carbonyl (C=O) groups excluding carboxylic acids is 2. The highest BCUT2D eigenvalue weighted by atomic mass is 32.2.